The molecule has 0 radical (unpaired) electrons. The topological polar surface area (TPSA) is 75.3 Å². The van der Waals surface area contributed by atoms with E-state index in [0.29, 0.717) is 12.0 Å². The summed E-state index contributed by atoms with van der Waals surface area (Å²) in [5, 5.41) is 19.3. The van der Waals surface area contributed by atoms with Crippen molar-refractivity contribution in [1.29, 1.82) is 0 Å². The second-order valence-electron chi connectivity index (χ2n) is 7.97. The zero-order valence-electron chi connectivity index (χ0n) is 15.8. The zero-order chi connectivity index (χ0) is 19.1. The summed E-state index contributed by atoms with van der Waals surface area (Å²) in [5.74, 6) is 0.629. The first-order valence-electron chi connectivity index (χ1n) is 9.76. The molecule has 4 aromatic rings. The summed E-state index contributed by atoms with van der Waals surface area (Å²) in [5.41, 5.74) is 3.66. The minimum atomic E-state index is -0.534. The summed E-state index contributed by atoms with van der Waals surface area (Å²) in [6.45, 7) is 1.91. The molecule has 1 aromatic carbocycles. The van der Waals surface area contributed by atoms with Crippen LogP contribution in [0.5, 0.6) is 0 Å². The van der Waals surface area contributed by atoms with Crippen LogP contribution in [0.15, 0.2) is 55.0 Å². The number of aliphatic hydroxyl groups is 1. The van der Waals surface area contributed by atoms with Crippen LogP contribution >= 0.6 is 0 Å². The Hall–Kier alpha value is -2.99. The Morgan fingerprint density at radius 3 is 2.86 bits per heavy atom. The first-order chi connectivity index (χ1) is 13.6. The van der Waals surface area contributed by atoms with Crippen LogP contribution in [0.1, 0.15) is 32.6 Å². The molecule has 28 heavy (non-hydrogen) atoms. The van der Waals surface area contributed by atoms with Gasteiger partial charge in [0, 0.05) is 29.4 Å². The molecule has 3 aromatic heterocycles. The Balaban J connectivity index is 1.41. The zero-order valence-corrected chi connectivity index (χ0v) is 15.8. The van der Waals surface area contributed by atoms with Gasteiger partial charge in [0.15, 0.2) is 0 Å². The Labute approximate surface area is 163 Å². The molecule has 6 nitrogen and oxygen atoms in total. The minimum Gasteiger partial charge on any atom is -0.390 e. The van der Waals surface area contributed by atoms with Crippen molar-refractivity contribution in [3.8, 4) is 11.1 Å². The number of hydrogen-bond acceptors (Lipinski definition) is 5. The van der Waals surface area contributed by atoms with E-state index in [1.165, 1.54) is 0 Å². The minimum absolute atomic E-state index is 0.306. The number of hydrogen-bond donors (Lipinski definition) is 2. The molecule has 0 atom stereocenters. The van der Waals surface area contributed by atoms with E-state index in [0.717, 1.165) is 53.2 Å². The Morgan fingerprint density at radius 1 is 1.14 bits per heavy atom. The van der Waals surface area contributed by atoms with Gasteiger partial charge < -0.3 is 10.4 Å². The lowest BCUT2D eigenvalue weighted by atomic mass is 9.84. The Bertz CT molecular complexity index is 1140. The number of rotatable bonds is 3. The molecule has 0 aliphatic heterocycles. The lowest BCUT2D eigenvalue weighted by molar-refractivity contribution is 0.0195. The van der Waals surface area contributed by atoms with E-state index >= 15 is 0 Å². The number of aromatic nitrogens is 4. The Morgan fingerprint density at radius 2 is 2.00 bits per heavy atom. The summed E-state index contributed by atoms with van der Waals surface area (Å²) in [6.07, 6.45) is 9.11. The number of fused-ring (bicyclic) bond motifs is 2. The molecule has 6 heteroatoms. The van der Waals surface area contributed by atoms with Crippen LogP contribution in [0.25, 0.3) is 27.5 Å². The van der Waals surface area contributed by atoms with Gasteiger partial charge in [-0.1, -0.05) is 12.1 Å². The number of pyridine rings is 1. The molecule has 0 unspecified atom stereocenters. The molecule has 3 heterocycles. The highest BCUT2D eigenvalue weighted by Crippen LogP contribution is 2.30. The van der Waals surface area contributed by atoms with Crippen LogP contribution in [-0.4, -0.2) is 36.3 Å². The third-order valence-electron chi connectivity index (χ3n) is 5.73. The van der Waals surface area contributed by atoms with Crippen molar-refractivity contribution in [2.75, 3.05) is 5.32 Å². The third-order valence-corrected chi connectivity index (χ3v) is 5.73. The highest BCUT2D eigenvalue weighted by Gasteiger charge is 2.28. The van der Waals surface area contributed by atoms with Crippen LogP contribution < -0.4 is 5.32 Å². The smallest absolute Gasteiger partial charge is 0.241 e. The maximum atomic E-state index is 10.1. The molecule has 1 aliphatic rings. The standard InChI is InChI=1S/C22H23N5O/c1-22(28)9-6-17(7-10-22)25-21-24-14-20-18(8-12-27(20)26-21)15-4-5-19-16(13-15)3-2-11-23-19/h2-5,8,11-14,17,28H,6-7,9-10H2,1H3,(H,25,26). The predicted molar refractivity (Wildman–Crippen MR) is 110 cm³/mol. The molecule has 142 valence electrons. The van der Waals surface area contributed by atoms with E-state index in [-0.39, 0.29) is 0 Å². The van der Waals surface area contributed by atoms with Crippen molar-refractivity contribution < 1.29 is 5.11 Å². The molecule has 0 bridgehead atoms. The van der Waals surface area contributed by atoms with E-state index in [9.17, 15) is 5.11 Å². The van der Waals surface area contributed by atoms with E-state index < -0.39 is 5.60 Å². The maximum Gasteiger partial charge on any atom is 0.241 e. The number of anilines is 1. The van der Waals surface area contributed by atoms with Crippen LogP contribution in [0.2, 0.25) is 0 Å². The van der Waals surface area contributed by atoms with Gasteiger partial charge >= 0.3 is 0 Å². The summed E-state index contributed by atoms with van der Waals surface area (Å²) in [7, 11) is 0. The fourth-order valence-corrected chi connectivity index (χ4v) is 4.02. The monoisotopic (exact) mass is 373 g/mol. The molecule has 1 fully saturated rings. The van der Waals surface area contributed by atoms with Crippen molar-refractivity contribution in [2.24, 2.45) is 0 Å². The molecular weight excluding hydrogens is 350 g/mol. The fourth-order valence-electron chi connectivity index (χ4n) is 4.02. The summed E-state index contributed by atoms with van der Waals surface area (Å²) < 4.78 is 1.87. The van der Waals surface area contributed by atoms with Crippen molar-refractivity contribution in [3.63, 3.8) is 0 Å². The highest BCUT2D eigenvalue weighted by atomic mass is 16.3. The Kier molecular flexibility index (Phi) is 4.02. The van der Waals surface area contributed by atoms with Gasteiger partial charge in [0.25, 0.3) is 0 Å². The first kappa shape index (κ1) is 17.1. The van der Waals surface area contributed by atoms with Gasteiger partial charge in [-0.05, 0) is 62.4 Å². The van der Waals surface area contributed by atoms with Gasteiger partial charge in [0.2, 0.25) is 5.95 Å². The SMILES string of the molecule is CC1(O)CCC(Nc2ncc3c(-c4ccc5ncccc5c4)ccn3n2)CC1. The number of nitrogens with one attached hydrogen (secondary N) is 1. The van der Waals surface area contributed by atoms with Crippen molar-refractivity contribution in [2.45, 2.75) is 44.2 Å². The second-order valence-corrected chi connectivity index (χ2v) is 7.97. The van der Waals surface area contributed by atoms with E-state index in [1.807, 2.05) is 42.2 Å². The van der Waals surface area contributed by atoms with Crippen molar-refractivity contribution >= 4 is 22.4 Å². The summed E-state index contributed by atoms with van der Waals surface area (Å²) >= 11 is 0. The lowest BCUT2D eigenvalue weighted by Gasteiger charge is -2.33. The van der Waals surface area contributed by atoms with Gasteiger partial charge in [-0.25, -0.2) is 9.50 Å². The van der Waals surface area contributed by atoms with E-state index in [1.54, 1.807) is 0 Å². The summed E-state index contributed by atoms with van der Waals surface area (Å²) in [6, 6.07) is 12.7. The largest absolute Gasteiger partial charge is 0.390 e. The molecule has 0 amide bonds. The molecule has 2 N–H and O–H groups in total. The molecular formula is C22H23N5O. The molecule has 0 saturated heterocycles. The second kappa shape index (κ2) is 6.56. The van der Waals surface area contributed by atoms with Gasteiger partial charge in [0.1, 0.15) is 0 Å². The highest BCUT2D eigenvalue weighted by molar-refractivity contribution is 5.88. The fraction of sp³-hybridized carbons (Fsp3) is 0.318. The van der Waals surface area contributed by atoms with Crippen LogP contribution in [0.3, 0.4) is 0 Å². The predicted octanol–water partition coefficient (Wildman–Crippen LogP) is 4.05. The third kappa shape index (κ3) is 3.20. The average Bonchev–Trinajstić information content (AvgIpc) is 3.12. The van der Waals surface area contributed by atoms with Crippen LogP contribution in [0.4, 0.5) is 5.95 Å². The first-order valence-corrected chi connectivity index (χ1v) is 9.76. The van der Waals surface area contributed by atoms with E-state index in [2.05, 4.69) is 44.6 Å². The number of nitrogens with zero attached hydrogens (tertiary/aromatic N) is 4. The van der Waals surface area contributed by atoms with Crippen LogP contribution in [-0.2, 0) is 0 Å². The summed E-state index contributed by atoms with van der Waals surface area (Å²) in [4.78, 5) is 8.93. The molecule has 1 aliphatic carbocycles. The quantitative estimate of drug-likeness (QED) is 0.567. The average molecular weight is 373 g/mol. The van der Waals surface area contributed by atoms with Gasteiger partial charge in [0.05, 0.1) is 22.8 Å². The number of benzene rings is 1. The van der Waals surface area contributed by atoms with Crippen molar-refractivity contribution in [1.82, 2.24) is 19.6 Å². The van der Waals surface area contributed by atoms with Crippen molar-refractivity contribution in [3.05, 3.63) is 55.0 Å². The van der Waals surface area contributed by atoms with Crippen LogP contribution in [0, 0.1) is 0 Å². The molecule has 1 saturated carbocycles. The van der Waals surface area contributed by atoms with Gasteiger partial charge in [-0.3, -0.25) is 4.98 Å². The van der Waals surface area contributed by atoms with Gasteiger partial charge in [-0.15, -0.1) is 5.10 Å². The maximum absolute atomic E-state index is 10.1. The van der Waals surface area contributed by atoms with E-state index in [4.69, 9.17) is 0 Å². The lowest BCUT2D eigenvalue weighted by Crippen LogP contribution is -2.36. The van der Waals surface area contributed by atoms with Gasteiger partial charge in [-0.2, -0.15) is 0 Å². The normalized spacial score (nSPS) is 22.6. The molecule has 0 spiro atoms. The molecule has 5 rings (SSSR count).